The fourth-order valence-electron chi connectivity index (χ4n) is 3.10. The highest BCUT2D eigenvalue weighted by Gasteiger charge is 2.28. The largest absolute Gasteiger partial charge is 0.383 e. The molecule has 0 unspecified atom stereocenters. The second-order valence-corrected chi connectivity index (χ2v) is 9.94. The Kier molecular flexibility index (Phi) is 8.27. The zero-order chi connectivity index (χ0) is 24.2. The van der Waals surface area contributed by atoms with Gasteiger partial charge in [0.15, 0.2) is 5.69 Å². The van der Waals surface area contributed by atoms with Crippen molar-refractivity contribution in [1.29, 1.82) is 0 Å². The number of nitrogens with one attached hydrogen (secondary N) is 1. The number of anilines is 2. The molecule has 2 rings (SSSR count). The van der Waals surface area contributed by atoms with Crippen LogP contribution >= 0.6 is 11.6 Å². The van der Waals surface area contributed by atoms with Crippen molar-refractivity contribution in [3.63, 3.8) is 0 Å². The lowest BCUT2D eigenvalue weighted by atomic mass is 10.1. The molecule has 176 valence electrons. The maximum absolute atomic E-state index is 13.5. The molecule has 0 saturated heterocycles. The molecule has 0 bridgehead atoms. The molecular weight excluding hydrogens is 458 g/mol. The summed E-state index contributed by atoms with van der Waals surface area (Å²) in [5.41, 5.74) is 4.41. The number of carbonyl (C=O) groups excluding carboxylic acids is 1. The van der Waals surface area contributed by atoms with Crippen LogP contribution in [0.4, 0.5) is 11.5 Å². The fraction of sp³-hybridized carbons (Fsp3) is 0.450. The van der Waals surface area contributed by atoms with Crippen LogP contribution in [0.25, 0.3) is 0 Å². The molecule has 1 aromatic heterocycles. The van der Waals surface area contributed by atoms with Crippen LogP contribution in [-0.4, -0.2) is 48.8 Å². The molecule has 12 heteroatoms. The van der Waals surface area contributed by atoms with Crippen molar-refractivity contribution in [3.05, 3.63) is 49.6 Å². The first-order chi connectivity index (χ1) is 15.0. The quantitative estimate of drug-likeness (QED) is 0.556. The molecule has 0 aliphatic rings. The van der Waals surface area contributed by atoms with Gasteiger partial charge in [0.25, 0.3) is 11.5 Å². The summed E-state index contributed by atoms with van der Waals surface area (Å²) in [7, 11) is -1.09. The summed E-state index contributed by atoms with van der Waals surface area (Å²) in [4.78, 5) is 41.6. The van der Waals surface area contributed by atoms with Crippen molar-refractivity contribution >= 4 is 39.0 Å². The molecule has 0 radical (unpaired) electrons. The zero-order valence-corrected chi connectivity index (χ0v) is 20.1. The highest BCUT2D eigenvalue weighted by Crippen LogP contribution is 2.26. The number of nitrogens with zero attached hydrogens (tertiary/aromatic N) is 3. The van der Waals surface area contributed by atoms with E-state index in [9.17, 15) is 22.8 Å². The van der Waals surface area contributed by atoms with Gasteiger partial charge in [-0.25, -0.2) is 17.5 Å². The number of aromatic amines is 1. The topological polar surface area (TPSA) is 139 Å². The van der Waals surface area contributed by atoms with E-state index in [1.807, 2.05) is 6.92 Å². The lowest BCUT2D eigenvalue weighted by Crippen LogP contribution is -2.41. The highest BCUT2D eigenvalue weighted by atomic mass is 35.5. The van der Waals surface area contributed by atoms with Gasteiger partial charge < -0.3 is 10.6 Å². The standard InChI is InChI=1S/C20H28ClN5O5S/c1-5-7-11-26-17(22)16(18(27)23-20(26)29)25(10-6-2)19(28)14-12-13(8-9-15(14)21)32(30,31)24(3)4/h8-9,12H,5-7,10-11,22H2,1-4H3,(H,23,27,29). The molecule has 0 saturated carbocycles. The van der Waals surface area contributed by atoms with Crippen LogP contribution in [0.2, 0.25) is 5.02 Å². The van der Waals surface area contributed by atoms with Gasteiger partial charge in [-0.15, -0.1) is 0 Å². The van der Waals surface area contributed by atoms with E-state index in [1.165, 1.54) is 36.9 Å². The molecule has 1 amide bonds. The van der Waals surface area contributed by atoms with Crippen LogP contribution in [0.3, 0.4) is 0 Å². The van der Waals surface area contributed by atoms with E-state index in [0.717, 1.165) is 15.6 Å². The first kappa shape index (κ1) is 25.6. The van der Waals surface area contributed by atoms with Gasteiger partial charge in [-0.2, -0.15) is 0 Å². The van der Waals surface area contributed by atoms with E-state index in [4.69, 9.17) is 17.3 Å². The fourth-order valence-corrected chi connectivity index (χ4v) is 4.23. The molecule has 0 aliphatic carbocycles. The number of sulfonamides is 1. The third kappa shape index (κ3) is 5.05. The maximum Gasteiger partial charge on any atom is 0.330 e. The van der Waals surface area contributed by atoms with Gasteiger partial charge in [-0.1, -0.05) is 31.9 Å². The van der Waals surface area contributed by atoms with Gasteiger partial charge in [0.05, 0.1) is 15.5 Å². The average molecular weight is 486 g/mol. The molecule has 0 aliphatic heterocycles. The minimum atomic E-state index is -3.83. The Bertz CT molecular complexity index is 1220. The van der Waals surface area contributed by atoms with Crippen molar-refractivity contribution in [2.24, 2.45) is 0 Å². The molecule has 1 aromatic carbocycles. The SMILES string of the molecule is CCCCn1c(N)c(N(CCC)C(=O)c2cc(S(=O)(=O)N(C)C)ccc2Cl)c(=O)[nH]c1=O. The number of unbranched alkanes of at least 4 members (excludes halogenated alkanes) is 1. The predicted octanol–water partition coefficient (Wildman–Crippen LogP) is 1.88. The minimum Gasteiger partial charge on any atom is -0.383 e. The summed E-state index contributed by atoms with van der Waals surface area (Å²) in [5.74, 6) is -0.840. The Morgan fingerprint density at radius 1 is 1.19 bits per heavy atom. The van der Waals surface area contributed by atoms with Crippen LogP contribution < -0.4 is 21.9 Å². The second-order valence-electron chi connectivity index (χ2n) is 7.38. The number of amides is 1. The smallest absolute Gasteiger partial charge is 0.330 e. The number of carbonyl (C=O) groups is 1. The maximum atomic E-state index is 13.5. The molecule has 10 nitrogen and oxygen atoms in total. The Morgan fingerprint density at radius 2 is 1.84 bits per heavy atom. The molecule has 32 heavy (non-hydrogen) atoms. The Labute approximate surface area is 191 Å². The molecule has 1 heterocycles. The van der Waals surface area contributed by atoms with Gasteiger partial charge in [0, 0.05) is 27.2 Å². The lowest BCUT2D eigenvalue weighted by Gasteiger charge is -2.25. The van der Waals surface area contributed by atoms with Crippen LogP contribution in [-0.2, 0) is 16.6 Å². The van der Waals surface area contributed by atoms with Gasteiger partial charge in [-0.05, 0) is 31.0 Å². The third-order valence-corrected chi connectivity index (χ3v) is 7.00. The van der Waals surface area contributed by atoms with E-state index >= 15 is 0 Å². The highest BCUT2D eigenvalue weighted by molar-refractivity contribution is 7.89. The van der Waals surface area contributed by atoms with Crippen molar-refractivity contribution < 1.29 is 13.2 Å². The molecule has 0 spiro atoms. The number of aromatic nitrogens is 2. The molecule has 2 aromatic rings. The summed E-state index contributed by atoms with van der Waals surface area (Å²) >= 11 is 6.23. The van der Waals surface area contributed by atoms with Gasteiger partial charge in [-0.3, -0.25) is 19.1 Å². The van der Waals surface area contributed by atoms with Crippen molar-refractivity contribution in [1.82, 2.24) is 13.9 Å². The number of H-pyrrole nitrogens is 1. The predicted molar refractivity (Wildman–Crippen MR) is 125 cm³/mol. The monoisotopic (exact) mass is 485 g/mol. The van der Waals surface area contributed by atoms with Crippen molar-refractivity contribution in [3.8, 4) is 0 Å². The van der Waals surface area contributed by atoms with Crippen LogP contribution in [0.1, 0.15) is 43.5 Å². The van der Waals surface area contributed by atoms with Gasteiger partial charge in [0.1, 0.15) is 5.82 Å². The molecule has 0 fully saturated rings. The Balaban J connectivity index is 2.69. The number of benzene rings is 1. The molecule has 0 atom stereocenters. The molecular formula is C20H28ClN5O5S. The van der Waals surface area contributed by atoms with E-state index in [0.29, 0.717) is 12.8 Å². The average Bonchev–Trinajstić information content (AvgIpc) is 2.72. The Morgan fingerprint density at radius 3 is 2.41 bits per heavy atom. The van der Waals surface area contributed by atoms with Gasteiger partial charge >= 0.3 is 5.69 Å². The zero-order valence-electron chi connectivity index (χ0n) is 18.5. The number of hydrogen-bond acceptors (Lipinski definition) is 6. The summed E-state index contributed by atoms with van der Waals surface area (Å²) < 4.78 is 27.3. The first-order valence-corrected chi connectivity index (χ1v) is 12.0. The van der Waals surface area contributed by atoms with Crippen LogP contribution in [0, 0.1) is 0 Å². The van der Waals surface area contributed by atoms with Crippen molar-refractivity contribution in [2.75, 3.05) is 31.3 Å². The van der Waals surface area contributed by atoms with E-state index in [1.54, 1.807) is 6.92 Å². The normalized spacial score (nSPS) is 11.7. The number of halogens is 1. The summed E-state index contributed by atoms with van der Waals surface area (Å²) in [6.07, 6.45) is 1.90. The number of nitrogen functional groups attached to an aromatic ring is 1. The summed E-state index contributed by atoms with van der Waals surface area (Å²) in [5, 5.41) is 0.0168. The third-order valence-electron chi connectivity index (χ3n) is 4.86. The minimum absolute atomic E-state index is 0.0168. The molecule has 3 N–H and O–H groups in total. The summed E-state index contributed by atoms with van der Waals surface area (Å²) in [6, 6.07) is 3.77. The second kappa shape index (κ2) is 10.3. The van der Waals surface area contributed by atoms with E-state index < -0.39 is 27.2 Å². The number of hydrogen-bond donors (Lipinski definition) is 2. The summed E-state index contributed by atoms with van der Waals surface area (Å²) in [6.45, 7) is 4.11. The van der Waals surface area contributed by atoms with Gasteiger partial charge in [0.2, 0.25) is 10.0 Å². The van der Waals surface area contributed by atoms with Crippen LogP contribution in [0.15, 0.2) is 32.7 Å². The Hall–Kier alpha value is -2.63. The van der Waals surface area contributed by atoms with Crippen LogP contribution in [0.5, 0.6) is 0 Å². The number of nitrogens with two attached hydrogens (primary N) is 1. The van der Waals surface area contributed by atoms with E-state index in [2.05, 4.69) is 4.98 Å². The van der Waals surface area contributed by atoms with E-state index in [-0.39, 0.29) is 40.1 Å². The lowest BCUT2D eigenvalue weighted by molar-refractivity contribution is 0.0986. The number of rotatable bonds is 9. The van der Waals surface area contributed by atoms with Crippen molar-refractivity contribution in [2.45, 2.75) is 44.6 Å². The first-order valence-electron chi connectivity index (χ1n) is 10.1.